The fraction of sp³-hybridized carbons (Fsp3) is 0.200. The highest BCUT2D eigenvalue weighted by molar-refractivity contribution is 5.57. The Morgan fingerprint density at radius 2 is 2.50 bits per heavy atom. The molecule has 1 aromatic rings. The third-order valence-corrected chi connectivity index (χ3v) is 1.20. The number of ether oxygens (including phenoxy) is 1. The van der Waals surface area contributed by atoms with Crippen molar-refractivity contribution in [3.05, 3.63) is 12.4 Å². The number of rotatable bonds is 0. The van der Waals surface area contributed by atoms with Gasteiger partial charge in [0.2, 0.25) is 0 Å². The summed E-state index contributed by atoms with van der Waals surface area (Å²) in [5.41, 5.74) is 1.06. The Morgan fingerprint density at radius 1 is 1.50 bits per heavy atom. The van der Waals surface area contributed by atoms with Gasteiger partial charge < -0.3 is 15.0 Å². The minimum absolute atomic E-state index is 0.610. The summed E-state index contributed by atoms with van der Waals surface area (Å²) in [4.78, 5) is 2.91. The minimum atomic E-state index is 0.610. The average molecular weight is 110 g/mol. The van der Waals surface area contributed by atoms with Crippen molar-refractivity contribution in [3.8, 4) is 5.75 Å². The van der Waals surface area contributed by atoms with Gasteiger partial charge in [-0.25, -0.2) is 0 Å². The SMILES string of the molecule is c1[nH]cc2c1NCO2. The summed E-state index contributed by atoms with van der Waals surface area (Å²) < 4.78 is 5.10. The van der Waals surface area contributed by atoms with Crippen LogP contribution in [0.3, 0.4) is 0 Å². The van der Waals surface area contributed by atoms with E-state index < -0.39 is 0 Å². The summed E-state index contributed by atoms with van der Waals surface area (Å²) in [5.74, 6) is 0.921. The lowest BCUT2D eigenvalue weighted by Gasteiger charge is -1.87. The molecule has 3 heteroatoms. The first-order valence-corrected chi connectivity index (χ1v) is 2.50. The molecule has 0 atom stereocenters. The lowest BCUT2D eigenvalue weighted by atomic mass is 10.5. The molecule has 42 valence electrons. The second-order valence-electron chi connectivity index (χ2n) is 1.70. The number of fused-ring (bicyclic) bond motifs is 1. The standard InChI is InChI=1S/C5H6N2O/c1-4-5(2-6-1)8-3-7-4/h1-2,6-7H,3H2. The summed E-state index contributed by atoms with van der Waals surface area (Å²) in [6, 6.07) is 0. The Labute approximate surface area is 46.7 Å². The summed E-state index contributed by atoms with van der Waals surface area (Å²) in [7, 11) is 0. The van der Waals surface area contributed by atoms with Crippen molar-refractivity contribution in [2.24, 2.45) is 0 Å². The van der Waals surface area contributed by atoms with Crippen molar-refractivity contribution >= 4 is 5.69 Å². The monoisotopic (exact) mass is 110 g/mol. The summed E-state index contributed by atoms with van der Waals surface area (Å²) >= 11 is 0. The number of hydrogen-bond donors (Lipinski definition) is 2. The number of aromatic nitrogens is 1. The van der Waals surface area contributed by atoms with Crippen molar-refractivity contribution in [2.45, 2.75) is 0 Å². The molecule has 0 aliphatic carbocycles. The second-order valence-corrected chi connectivity index (χ2v) is 1.70. The van der Waals surface area contributed by atoms with E-state index in [1.54, 1.807) is 0 Å². The van der Waals surface area contributed by atoms with Crippen molar-refractivity contribution in [1.29, 1.82) is 0 Å². The van der Waals surface area contributed by atoms with Gasteiger partial charge in [0.15, 0.2) is 12.5 Å². The predicted octanol–water partition coefficient (Wildman–Crippen LogP) is 0.776. The molecule has 1 aliphatic heterocycles. The van der Waals surface area contributed by atoms with Gasteiger partial charge in [-0.05, 0) is 0 Å². The van der Waals surface area contributed by atoms with Gasteiger partial charge in [-0.15, -0.1) is 0 Å². The highest BCUT2D eigenvalue weighted by atomic mass is 16.5. The molecular formula is C5H6N2O. The molecule has 0 bridgehead atoms. The van der Waals surface area contributed by atoms with Crippen LogP contribution in [0.15, 0.2) is 12.4 Å². The van der Waals surface area contributed by atoms with Crippen LogP contribution in [0, 0.1) is 0 Å². The lowest BCUT2D eigenvalue weighted by Crippen LogP contribution is -1.97. The van der Waals surface area contributed by atoms with Crippen molar-refractivity contribution in [2.75, 3.05) is 12.0 Å². The molecule has 1 aromatic heterocycles. The predicted molar refractivity (Wildman–Crippen MR) is 29.9 cm³/mol. The van der Waals surface area contributed by atoms with E-state index in [0.29, 0.717) is 6.73 Å². The zero-order chi connectivity index (χ0) is 5.40. The molecule has 2 N–H and O–H groups in total. The maximum absolute atomic E-state index is 5.10. The average Bonchev–Trinajstić information content (AvgIpc) is 2.15. The minimum Gasteiger partial charge on any atom is -0.470 e. The van der Waals surface area contributed by atoms with Crippen molar-refractivity contribution in [1.82, 2.24) is 4.98 Å². The third-order valence-electron chi connectivity index (χ3n) is 1.20. The van der Waals surface area contributed by atoms with Gasteiger partial charge in [0, 0.05) is 12.4 Å². The number of aromatic amines is 1. The van der Waals surface area contributed by atoms with E-state index >= 15 is 0 Å². The molecule has 3 nitrogen and oxygen atoms in total. The Hall–Kier alpha value is -1.12. The van der Waals surface area contributed by atoms with Crippen LogP contribution in [0.4, 0.5) is 5.69 Å². The third kappa shape index (κ3) is 0.332. The first-order chi connectivity index (χ1) is 3.97. The van der Waals surface area contributed by atoms with Gasteiger partial charge >= 0.3 is 0 Å². The molecule has 0 fully saturated rings. The Balaban J connectivity index is 2.54. The van der Waals surface area contributed by atoms with Gasteiger partial charge in [-0.3, -0.25) is 0 Å². The van der Waals surface area contributed by atoms with E-state index in [0.717, 1.165) is 11.4 Å². The van der Waals surface area contributed by atoms with Crippen LogP contribution in [0.2, 0.25) is 0 Å². The van der Waals surface area contributed by atoms with E-state index in [1.807, 2.05) is 12.4 Å². The normalized spacial score (nSPS) is 14.5. The lowest BCUT2D eigenvalue weighted by molar-refractivity contribution is 0.372. The first-order valence-electron chi connectivity index (χ1n) is 2.50. The number of hydrogen-bond acceptors (Lipinski definition) is 2. The molecule has 2 rings (SSSR count). The first kappa shape index (κ1) is 3.83. The van der Waals surface area contributed by atoms with Crippen LogP contribution in [0.5, 0.6) is 5.75 Å². The van der Waals surface area contributed by atoms with Crippen molar-refractivity contribution < 1.29 is 4.74 Å². The molecule has 2 heterocycles. The maximum atomic E-state index is 5.10. The van der Waals surface area contributed by atoms with Crippen LogP contribution in [-0.2, 0) is 0 Å². The van der Waals surface area contributed by atoms with Crippen LogP contribution in [0.25, 0.3) is 0 Å². The summed E-state index contributed by atoms with van der Waals surface area (Å²) in [6.07, 6.45) is 3.71. The largest absolute Gasteiger partial charge is 0.470 e. The number of H-pyrrole nitrogens is 1. The Bertz CT molecular complexity index is 176. The van der Waals surface area contributed by atoms with E-state index in [1.165, 1.54) is 0 Å². The zero-order valence-electron chi connectivity index (χ0n) is 4.27. The van der Waals surface area contributed by atoms with Gasteiger partial charge in [-0.2, -0.15) is 0 Å². The highest BCUT2D eigenvalue weighted by Crippen LogP contribution is 2.27. The van der Waals surface area contributed by atoms with E-state index in [2.05, 4.69) is 10.3 Å². The van der Waals surface area contributed by atoms with Gasteiger partial charge in [0.05, 0.1) is 5.69 Å². The molecule has 1 aliphatic rings. The Morgan fingerprint density at radius 3 is 3.38 bits per heavy atom. The zero-order valence-corrected chi connectivity index (χ0v) is 4.27. The van der Waals surface area contributed by atoms with Gasteiger partial charge in [0.25, 0.3) is 0 Å². The van der Waals surface area contributed by atoms with E-state index in [9.17, 15) is 0 Å². The second kappa shape index (κ2) is 1.18. The summed E-state index contributed by atoms with van der Waals surface area (Å²) in [6.45, 7) is 0.610. The van der Waals surface area contributed by atoms with Gasteiger partial charge in [-0.1, -0.05) is 0 Å². The molecule has 0 spiro atoms. The van der Waals surface area contributed by atoms with Gasteiger partial charge in [0.1, 0.15) is 0 Å². The molecule has 0 aromatic carbocycles. The molecule has 0 saturated carbocycles. The fourth-order valence-electron chi connectivity index (χ4n) is 0.799. The quantitative estimate of drug-likeness (QED) is 0.517. The van der Waals surface area contributed by atoms with Crippen LogP contribution < -0.4 is 10.1 Å². The fourth-order valence-corrected chi connectivity index (χ4v) is 0.799. The molecule has 8 heavy (non-hydrogen) atoms. The van der Waals surface area contributed by atoms with Crippen molar-refractivity contribution in [3.63, 3.8) is 0 Å². The van der Waals surface area contributed by atoms with E-state index in [4.69, 9.17) is 4.74 Å². The molecule has 0 unspecified atom stereocenters. The number of anilines is 1. The molecule has 0 saturated heterocycles. The molecule has 0 amide bonds. The highest BCUT2D eigenvalue weighted by Gasteiger charge is 2.09. The smallest absolute Gasteiger partial charge is 0.162 e. The van der Waals surface area contributed by atoms with Crippen LogP contribution >= 0.6 is 0 Å². The van der Waals surface area contributed by atoms with Crippen LogP contribution in [-0.4, -0.2) is 11.7 Å². The molecular weight excluding hydrogens is 104 g/mol. The van der Waals surface area contributed by atoms with Crippen LogP contribution in [0.1, 0.15) is 0 Å². The number of nitrogens with one attached hydrogen (secondary N) is 2. The maximum Gasteiger partial charge on any atom is 0.162 e. The van der Waals surface area contributed by atoms with E-state index in [-0.39, 0.29) is 0 Å². The topological polar surface area (TPSA) is 37.0 Å². The Kier molecular flexibility index (Phi) is 0.566. The summed E-state index contributed by atoms with van der Waals surface area (Å²) in [5, 5.41) is 3.03. The molecule has 0 radical (unpaired) electrons.